The Morgan fingerprint density at radius 3 is 2.79 bits per heavy atom. The van der Waals surface area contributed by atoms with Gasteiger partial charge in [-0.15, -0.1) is 0 Å². The first-order valence-corrected chi connectivity index (χ1v) is 8.29. The number of hydrogen-bond acceptors (Lipinski definition) is 3. The molecule has 1 fully saturated rings. The van der Waals surface area contributed by atoms with Crippen molar-refractivity contribution in [3.63, 3.8) is 0 Å². The van der Waals surface area contributed by atoms with Crippen molar-refractivity contribution in [2.45, 2.75) is 26.7 Å². The standard InChI is InChI=1S/C18H26N2O4/c1-12-8-15(17(21)22)11-20(10-12)18(23)19-7-6-14-5-4-13(2)16(9-14)24-3/h4-5,9,12,15H,6-8,10-11H2,1-3H3,(H,19,23)(H,21,22). The van der Waals surface area contributed by atoms with E-state index in [1.54, 1.807) is 12.0 Å². The van der Waals surface area contributed by atoms with Gasteiger partial charge in [0.15, 0.2) is 0 Å². The van der Waals surface area contributed by atoms with E-state index in [0.717, 1.165) is 16.9 Å². The number of nitrogens with one attached hydrogen (secondary N) is 1. The van der Waals surface area contributed by atoms with Crippen LogP contribution < -0.4 is 10.1 Å². The molecule has 1 saturated heterocycles. The van der Waals surface area contributed by atoms with Crippen molar-refractivity contribution in [2.24, 2.45) is 11.8 Å². The van der Waals surface area contributed by atoms with Gasteiger partial charge in [-0.1, -0.05) is 19.1 Å². The van der Waals surface area contributed by atoms with Gasteiger partial charge in [0.2, 0.25) is 0 Å². The summed E-state index contributed by atoms with van der Waals surface area (Å²) in [5.41, 5.74) is 2.17. The fraction of sp³-hybridized carbons (Fsp3) is 0.556. The first-order valence-electron chi connectivity index (χ1n) is 8.29. The third kappa shape index (κ3) is 4.63. The second-order valence-electron chi connectivity index (χ2n) is 6.57. The summed E-state index contributed by atoms with van der Waals surface area (Å²) in [4.78, 5) is 25.1. The summed E-state index contributed by atoms with van der Waals surface area (Å²) in [5.74, 6) is -0.257. The zero-order valence-electron chi connectivity index (χ0n) is 14.5. The zero-order valence-corrected chi connectivity index (χ0v) is 14.5. The number of carbonyl (C=O) groups is 2. The van der Waals surface area contributed by atoms with E-state index in [9.17, 15) is 14.7 Å². The van der Waals surface area contributed by atoms with Crippen LogP contribution in [0, 0.1) is 18.8 Å². The Kier molecular flexibility index (Phi) is 6.06. The number of amides is 2. The van der Waals surface area contributed by atoms with Crippen molar-refractivity contribution in [2.75, 3.05) is 26.7 Å². The molecular weight excluding hydrogens is 308 g/mol. The van der Waals surface area contributed by atoms with E-state index in [0.29, 0.717) is 25.9 Å². The fourth-order valence-electron chi connectivity index (χ4n) is 3.14. The maximum absolute atomic E-state index is 12.3. The summed E-state index contributed by atoms with van der Waals surface area (Å²) in [6, 6.07) is 5.81. The lowest BCUT2D eigenvalue weighted by atomic mass is 9.91. The van der Waals surface area contributed by atoms with Crippen molar-refractivity contribution in [3.8, 4) is 5.75 Å². The van der Waals surface area contributed by atoms with Gasteiger partial charge in [0.25, 0.3) is 0 Å². The number of hydrogen-bond donors (Lipinski definition) is 2. The van der Waals surface area contributed by atoms with Crippen LogP contribution in [-0.4, -0.2) is 48.8 Å². The maximum atomic E-state index is 12.3. The van der Waals surface area contributed by atoms with Gasteiger partial charge in [0.1, 0.15) is 5.75 Å². The average Bonchev–Trinajstić information content (AvgIpc) is 2.55. The topological polar surface area (TPSA) is 78.9 Å². The normalized spacial score (nSPS) is 20.5. The number of carbonyl (C=O) groups excluding carboxylic acids is 1. The smallest absolute Gasteiger partial charge is 0.317 e. The number of urea groups is 1. The molecule has 2 atom stereocenters. The number of carboxylic acids is 1. The van der Waals surface area contributed by atoms with Crippen molar-refractivity contribution in [3.05, 3.63) is 29.3 Å². The number of ether oxygens (including phenoxy) is 1. The van der Waals surface area contributed by atoms with Gasteiger partial charge in [0.05, 0.1) is 13.0 Å². The summed E-state index contributed by atoms with van der Waals surface area (Å²) >= 11 is 0. The van der Waals surface area contributed by atoms with E-state index in [2.05, 4.69) is 5.32 Å². The monoisotopic (exact) mass is 334 g/mol. The molecule has 1 aliphatic heterocycles. The Morgan fingerprint density at radius 1 is 1.38 bits per heavy atom. The van der Waals surface area contributed by atoms with Gasteiger partial charge in [-0.25, -0.2) is 4.79 Å². The van der Waals surface area contributed by atoms with Crippen molar-refractivity contribution in [1.29, 1.82) is 0 Å². The Bertz CT molecular complexity index is 603. The molecule has 0 saturated carbocycles. The van der Waals surface area contributed by atoms with Crippen LogP contribution >= 0.6 is 0 Å². The number of nitrogens with zero attached hydrogens (tertiary/aromatic N) is 1. The predicted octanol–water partition coefficient (Wildman–Crippen LogP) is 2.30. The van der Waals surface area contributed by atoms with Crippen molar-refractivity contribution < 1.29 is 19.4 Å². The van der Waals surface area contributed by atoms with Crippen LogP contribution in [0.3, 0.4) is 0 Å². The van der Waals surface area contributed by atoms with E-state index >= 15 is 0 Å². The van der Waals surface area contributed by atoms with Crippen LogP contribution in [0.1, 0.15) is 24.5 Å². The lowest BCUT2D eigenvalue weighted by Gasteiger charge is -2.34. The number of likely N-dealkylation sites (tertiary alicyclic amines) is 1. The van der Waals surface area contributed by atoms with Crippen LogP contribution in [0.15, 0.2) is 18.2 Å². The third-order valence-corrected chi connectivity index (χ3v) is 4.46. The van der Waals surface area contributed by atoms with Gasteiger partial charge >= 0.3 is 12.0 Å². The Labute approximate surface area is 142 Å². The summed E-state index contributed by atoms with van der Waals surface area (Å²) in [7, 11) is 1.64. The summed E-state index contributed by atoms with van der Waals surface area (Å²) in [6.07, 6.45) is 1.33. The molecule has 2 unspecified atom stereocenters. The molecule has 1 heterocycles. The Hall–Kier alpha value is -2.24. The highest BCUT2D eigenvalue weighted by Gasteiger charge is 2.31. The molecule has 6 heteroatoms. The van der Waals surface area contributed by atoms with E-state index in [-0.39, 0.29) is 18.5 Å². The highest BCUT2D eigenvalue weighted by Crippen LogP contribution is 2.22. The summed E-state index contributed by atoms with van der Waals surface area (Å²) in [5, 5.41) is 12.1. The summed E-state index contributed by atoms with van der Waals surface area (Å²) in [6.45, 7) is 5.36. The zero-order chi connectivity index (χ0) is 17.7. The maximum Gasteiger partial charge on any atom is 0.317 e. The predicted molar refractivity (Wildman–Crippen MR) is 91.3 cm³/mol. The molecule has 1 aromatic carbocycles. The minimum absolute atomic E-state index is 0.188. The average molecular weight is 334 g/mol. The highest BCUT2D eigenvalue weighted by molar-refractivity contribution is 5.76. The molecule has 0 aliphatic carbocycles. The van der Waals surface area contributed by atoms with E-state index in [4.69, 9.17) is 4.74 Å². The van der Waals surface area contributed by atoms with Gasteiger partial charge in [0, 0.05) is 19.6 Å². The minimum Gasteiger partial charge on any atom is -0.496 e. The largest absolute Gasteiger partial charge is 0.496 e. The van der Waals surface area contributed by atoms with Crippen LogP contribution in [0.25, 0.3) is 0 Å². The van der Waals surface area contributed by atoms with Gasteiger partial charge < -0.3 is 20.1 Å². The fourth-order valence-corrected chi connectivity index (χ4v) is 3.14. The first kappa shape index (κ1) is 18.1. The van der Waals surface area contributed by atoms with Crippen LogP contribution in [0.2, 0.25) is 0 Å². The van der Waals surface area contributed by atoms with Gasteiger partial charge in [-0.05, 0) is 42.9 Å². The Balaban J connectivity index is 1.85. The lowest BCUT2D eigenvalue weighted by Crippen LogP contribution is -2.49. The number of rotatable bonds is 5. The first-order chi connectivity index (χ1) is 11.4. The summed E-state index contributed by atoms with van der Waals surface area (Å²) < 4.78 is 5.30. The molecule has 0 spiro atoms. The molecular formula is C18H26N2O4. The number of aliphatic carboxylic acids is 1. The number of benzene rings is 1. The van der Waals surface area contributed by atoms with Crippen LogP contribution in [-0.2, 0) is 11.2 Å². The lowest BCUT2D eigenvalue weighted by molar-refractivity contribution is -0.143. The van der Waals surface area contributed by atoms with E-state index in [1.807, 2.05) is 32.0 Å². The number of carboxylic acid groups (broad SMARTS) is 1. The number of aryl methyl sites for hydroxylation is 1. The number of methoxy groups -OCH3 is 1. The Morgan fingerprint density at radius 2 is 2.12 bits per heavy atom. The SMILES string of the molecule is COc1cc(CCNC(=O)N2CC(C)CC(C(=O)O)C2)ccc1C. The second kappa shape index (κ2) is 8.04. The van der Waals surface area contributed by atoms with Gasteiger partial charge in [-0.2, -0.15) is 0 Å². The molecule has 1 aromatic rings. The molecule has 1 aliphatic rings. The molecule has 2 rings (SSSR count). The van der Waals surface area contributed by atoms with E-state index < -0.39 is 11.9 Å². The molecule has 6 nitrogen and oxygen atoms in total. The molecule has 2 N–H and O–H groups in total. The third-order valence-electron chi connectivity index (χ3n) is 4.46. The molecule has 0 aromatic heterocycles. The molecule has 2 amide bonds. The molecule has 0 bridgehead atoms. The van der Waals surface area contributed by atoms with Crippen molar-refractivity contribution in [1.82, 2.24) is 10.2 Å². The number of piperidine rings is 1. The second-order valence-corrected chi connectivity index (χ2v) is 6.57. The van der Waals surface area contributed by atoms with E-state index in [1.165, 1.54) is 0 Å². The highest BCUT2D eigenvalue weighted by atomic mass is 16.5. The molecule has 132 valence electrons. The van der Waals surface area contributed by atoms with Gasteiger partial charge in [-0.3, -0.25) is 4.79 Å². The van der Waals surface area contributed by atoms with Crippen LogP contribution in [0.5, 0.6) is 5.75 Å². The molecule has 0 radical (unpaired) electrons. The quantitative estimate of drug-likeness (QED) is 0.866. The minimum atomic E-state index is -0.828. The van der Waals surface area contributed by atoms with Crippen LogP contribution in [0.4, 0.5) is 4.79 Å². The molecule has 24 heavy (non-hydrogen) atoms. The van der Waals surface area contributed by atoms with Crippen molar-refractivity contribution >= 4 is 12.0 Å².